The van der Waals surface area contributed by atoms with Crippen molar-refractivity contribution in [3.05, 3.63) is 71.8 Å². The highest BCUT2D eigenvalue weighted by Crippen LogP contribution is 2.33. The highest BCUT2D eigenvalue weighted by molar-refractivity contribution is 5.94. The van der Waals surface area contributed by atoms with Gasteiger partial charge < -0.3 is 14.9 Å². The number of carbonyl (C=O) groups is 1. The van der Waals surface area contributed by atoms with E-state index in [-0.39, 0.29) is 5.91 Å². The van der Waals surface area contributed by atoms with E-state index >= 15 is 0 Å². The van der Waals surface area contributed by atoms with E-state index in [4.69, 9.17) is 0 Å². The van der Waals surface area contributed by atoms with Crippen LogP contribution in [-0.2, 0) is 6.42 Å². The van der Waals surface area contributed by atoms with E-state index in [1.165, 1.54) is 0 Å². The standard InChI is InChI=1S/C25H33N3O2/c1-4-14-26-15-17-28(18-16-26)24-22(8-7-9-23(24)29)19-20-10-12-21(13-11-20)25(30)27(5-2)6-3/h4,7-13,29H,1,5-6,14-19H2,2-3H3. The molecule has 0 radical (unpaired) electrons. The van der Waals surface area contributed by atoms with E-state index in [0.29, 0.717) is 18.8 Å². The fraction of sp³-hybridized carbons (Fsp3) is 0.400. The summed E-state index contributed by atoms with van der Waals surface area (Å²) in [6, 6.07) is 13.6. The molecule has 2 aromatic rings. The number of aromatic hydroxyl groups is 1. The quantitative estimate of drug-likeness (QED) is 0.677. The first kappa shape index (κ1) is 21.9. The van der Waals surface area contributed by atoms with E-state index in [9.17, 15) is 9.90 Å². The van der Waals surface area contributed by atoms with Gasteiger partial charge in [0.05, 0.1) is 5.69 Å². The van der Waals surface area contributed by atoms with Gasteiger partial charge in [-0.15, -0.1) is 6.58 Å². The lowest BCUT2D eigenvalue weighted by atomic mass is 10.00. The Morgan fingerprint density at radius 1 is 1.07 bits per heavy atom. The van der Waals surface area contributed by atoms with Crippen LogP contribution in [0, 0.1) is 0 Å². The molecule has 5 heteroatoms. The maximum atomic E-state index is 12.5. The van der Waals surface area contributed by atoms with Crippen molar-refractivity contribution in [2.24, 2.45) is 0 Å². The molecule has 1 aliphatic heterocycles. The van der Waals surface area contributed by atoms with E-state index in [1.54, 1.807) is 6.07 Å². The summed E-state index contributed by atoms with van der Waals surface area (Å²) < 4.78 is 0. The number of rotatable bonds is 8. The molecule has 1 fully saturated rings. The van der Waals surface area contributed by atoms with E-state index in [0.717, 1.165) is 61.5 Å². The van der Waals surface area contributed by atoms with Crippen LogP contribution in [0.2, 0.25) is 0 Å². The van der Waals surface area contributed by atoms with Gasteiger partial charge in [-0.05, 0) is 49.6 Å². The number of hydrogen-bond donors (Lipinski definition) is 1. The third-order valence-electron chi connectivity index (χ3n) is 5.82. The topological polar surface area (TPSA) is 47.0 Å². The minimum atomic E-state index is 0.0713. The van der Waals surface area contributed by atoms with Crippen LogP contribution in [0.15, 0.2) is 55.1 Å². The lowest BCUT2D eigenvalue weighted by Gasteiger charge is -2.36. The zero-order valence-corrected chi connectivity index (χ0v) is 18.2. The average molecular weight is 408 g/mol. The SMILES string of the molecule is C=CCN1CCN(c2c(O)cccc2Cc2ccc(C(=O)N(CC)CC)cc2)CC1. The second-order valence-electron chi connectivity index (χ2n) is 7.71. The summed E-state index contributed by atoms with van der Waals surface area (Å²) in [5, 5.41) is 10.6. The largest absolute Gasteiger partial charge is 0.506 e. The fourth-order valence-corrected chi connectivity index (χ4v) is 4.10. The Balaban J connectivity index is 1.75. The summed E-state index contributed by atoms with van der Waals surface area (Å²) in [6.45, 7) is 13.8. The molecule has 1 N–H and O–H groups in total. The van der Waals surface area contributed by atoms with Crippen molar-refractivity contribution in [1.29, 1.82) is 0 Å². The van der Waals surface area contributed by atoms with Gasteiger partial charge in [0.2, 0.25) is 0 Å². The molecule has 0 aromatic heterocycles. The third kappa shape index (κ3) is 5.03. The number of anilines is 1. The Morgan fingerprint density at radius 3 is 2.33 bits per heavy atom. The highest BCUT2D eigenvalue weighted by atomic mass is 16.3. The molecule has 2 aromatic carbocycles. The molecule has 30 heavy (non-hydrogen) atoms. The number of nitrogens with zero attached hydrogens (tertiary/aromatic N) is 3. The van der Waals surface area contributed by atoms with Gasteiger partial charge in [0.15, 0.2) is 0 Å². The molecular formula is C25H33N3O2. The zero-order valence-electron chi connectivity index (χ0n) is 18.2. The van der Waals surface area contributed by atoms with Crippen LogP contribution in [-0.4, -0.2) is 66.6 Å². The molecule has 1 aliphatic rings. The van der Waals surface area contributed by atoms with Crippen molar-refractivity contribution in [2.75, 3.05) is 50.7 Å². The number of piperazine rings is 1. The van der Waals surface area contributed by atoms with Crippen LogP contribution < -0.4 is 4.90 Å². The van der Waals surface area contributed by atoms with Crippen LogP contribution in [0.3, 0.4) is 0 Å². The summed E-state index contributed by atoms with van der Waals surface area (Å²) >= 11 is 0. The highest BCUT2D eigenvalue weighted by Gasteiger charge is 2.21. The van der Waals surface area contributed by atoms with Crippen LogP contribution in [0.25, 0.3) is 0 Å². The second-order valence-corrected chi connectivity index (χ2v) is 7.71. The van der Waals surface area contributed by atoms with Gasteiger partial charge in [0.25, 0.3) is 5.91 Å². The van der Waals surface area contributed by atoms with Crippen LogP contribution in [0.5, 0.6) is 5.75 Å². The van der Waals surface area contributed by atoms with Crippen LogP contribution in [0.4, 0.5) is 5.69 Å². The smallest absolute Gasteiger partial charge is 0.253 e. The Bertz CT molecular complexity index is 851. The Kier molecular flexibility index (Phi) is 7.52. The molecule has 160 valence electrons. The van der Waals surface area contributed by atoms with Crippen molar-refractivity contribution in [1.82, 2.24) is 9.80 Å². The molecule has 0 saturated carbocycles. The normalized spacial score (nSPS) is 14.5. The summed E-state index contributed by atoms with van der Waals surface area (Å²) in [5.74, 6) is 0.403. The molecule has 5 nitrogen and oxygen atoms in total. The third-order valence-corrected chi connectivity index (χ3v) is 5.82. The number of benzene rings is 2. The van der Waals surface area contributed by atoms with Gasteiger partial charge in [0.1, 0.15) is 5.75 Å². The Morgan fingerprint density at radius 2 is 1.73 bits per heavy atom. The van der Waals surface area contributed by atoms with Crippen molar-refractivity contribution in [3.63, 3.8) is 0 Å². The number of amides is 1. The summed E-state index contributed by atoms with van der Waals surface area (Å²) in [5.41, 5.74) is 3.88. The summed E-state index contributed by atoms with van der Waals surface area (Å²) in [4.78, 5) is 19.0. The Hall–Kier alpha value is -2.79. The molecule has 0 aliphatic carbocycles. The Labute approximate surface area is 180 Å². The van der Waals surface area contributed by atoms with Gasteiger partial charge in [-0.25, -0.2) is 0 Å². The van der Waals surface area contributed by atoms with E-state index < -0.39 is 0 Å². The second kappa shape index (κ2) is 10.3. The van der Waals surface area contributed by atoms with E-state index in [1.807, 2.05) is 55.2 Å². The van der Waals surface area contributed by atoms with Crippen molar-refractivity contribution >= 4 is 11.6 Å². The van der Waals surface area contributed by atoms with Gasteiger partial charge in [-0.2, -0.15) is 0 Å². The minimum absolute atomic E-state index is 0.0713. The first-order chi connectivity index (χ1) is 14.6. The van der Waals surface area contributed by atoms with Crippen molar-refractivity contribution in [3.8, 4) is 5.75 Å². The lowest BCUT2D eigenvalue weighted by Crippen LogP contribution is -2.46. The van der Waals surface area contributed by atoms with Gasteiger partial charge in [-0.1, -0.05) is 30.3 Å². The maximum Gasteiger partial charge on any atom is 0.253 e. The molecule has 1 heterocycles. The number of para-hydroxylation sites is 1. The number of hydrogen-bond acceptors (Lipinski definition) is 4. The predicted molar refractivity (Wildman–Crippen MR) is 123 cm³/mol. The van der Waals surface area contributed by atoms with Crippen molar-refractivity contribution < 1.29 is 9.90 Å². The molecule has 0 unspecified atom stereocenters. The van der Waals surface area contributed by atoms with Gasteiger partial charge in [0, 0.05) is 51.4 Å². The molecule has 0 atom stereocenters. The number of phenols is 1. The summed E-state index contributed by atoms with van der Waals surface area (Å²) in [7, 11) is 0. The summed E-state index contributed by atoms with van der Waals surface area (Å²) in [6.07, 6.45) is 2.66. The first-order valence-electron chi connectivity index (χ1n) is 10.8. The molecule has 1 saturated heterocycles. The van der Waals surface area contributed by atoms with Gasteiger partial charge >= 0.3 is 0 Å². The molecule has 0 bridgehead atoms. The average Bonchev–Trinajstić information content (AvgIpc) is 2.76. The first-order valence-corrected chi connectivity index (χ1v) is 10.8. The van der Waals surface area contributed by atoms with Crippen LogP contribution in [0.1, 0.15) is 35.3 Å². The number of phenolic OH excluding ortho intramolecular Hbond substituents is 1. The predicted octanol–water partition coefficient (Wildman–Crippen LogP) is 3.77. The fourth-order valence-electron chi connectivity index (χ4n) is 4.10. The molecule has 0 spiro atoms. The molecule has 3 rings (SSSR count). The zero-order chi connectivity index (χ0) is 21.5. The van der Waals surface area contributed by atoms with Crippen molar-refractivity contribution in [2.45, 2.75) is 20.3 Å². The lowest BCUT2D eigenvalue weighted by molar-refractivity contribution is 0.0773. The monoisotopic (exact) mass is 407 g/mol. The van der Waals surface area contributed by atoms with Gasteiger partial charge in [-0.3, -0.25) is 9.69 Å². The molecular weight excluding hydrogens is 374 g/mol. The number of carbonyl (C=O) groups excluding carboxylic acids is 1. The van der Waals surface area contributed by atoms with Crippen LogP contribution >= 0.6 is 0 Å². The minimum Gasteiger partial charge on any atom is -0.506 e. The maximum absolute atomic E-state index is 12.5. The van der Waals surface area contributed by atoms with E-state index in [2.05, 4.69) is 22.4 Å². The molecule has 1 amide bonds.